The van der Waals surface area contributed by atoms with Crippen LogP contribution in [0.5, 0.6) is 0 Å². The number of carboxylic acid groups (broad SMARTS) is 1. The van der Waals surface area contributed by atoms with Crippen molar-refractivity contribution in [3.63, 3.8) is 0 Å². The van der Waals surface area contributed by atoms with Crippen molar-refractivity contribution in [2.75, 3.05) is 6.54 Å². The van der Waals surface area contributed by atoms with Crippen LogP contribution in [0.2, 0.25) is 0 Å². The van der Waals surface area contributed by atoms with E-state index in [9.17, 15) is 4.79 Å². The quantitative estimate of drug-likeness (QED) is 0.777. The van der Waals surface area contributed by atoms with Gasteiger partial charge in [-0.25, -0.2) is 4.79 Å². The van der Waals surface area contributed by atoms with Crippen LogP contribution in [-0.2, 0) is 11.3 Å². The molecule has 0 aromatic carbocycles. The van der Waals surface area contributed by atoms with Crippen LogP contribution in [0.25, 0.3) is 6.08 Å². The number of aliphatic carboxylic acids is 1. The van der Waals surface area contributed by atoms with Gasteiger partial charge in [-0.3, -0.25) is 4.90 Å². The van der Waals surface area contributed by atoms with Crippen LogP contribution < -0.4 is 0 Å². The van der Waals surface area contributed by atoms with Crippen molar-refractivity contribution in [3.8, 4) is 0 Å². The summed E-state index contributed by atoms with van der Waals surface area (Å²) >= 11 is 1.71. The summed E-state index contributed by atoms with van der Waals surface area (Å²) in [5.41, 5.74) is 1.04. The van der Waals surface area contributed by atoms with Gasteiger partial charge in [-0.05, 0) is 55.7 Å². The van der Waals surface area contributed by atoms with E-state index in [1.807, 2.05) is 11.4 Å². The zero-order valence-corrected chi connectivity index (χ0v) is 12.3. The van der Waals surface area contributed by atoms with Crippen molar-refractivity contribution in [1.82, 2.24) is 4.90 Å². The molecule has 0 amide bonds. The second kappa shape index (κ2) is 6.35. The maximum Gasteiger partial charge on any atom is 0.328 e. The van der Waals surface area contributed by atoms with Crippen molar-refractivity contribution in [3.05, 3.63) is 28.0 Å². The van der Waals surface area contributed by atoms with Crippen LogP contribution in [-0.4, -0.2) is 28.6 Å². The van der Waals surface area contributed by atoms with Gasteiger partial charge in [0.1, 0.15) is 0 Å². The molecule has 4 heteroatoms. The van der Waals surface area contributed by atoms with Gasteiger partial charge in [0.15, 0.2) is 0 Å². The van der Waals surface area contributed by atoms with E-state index in [-0.39, 0.29) is 0 Å². The number of carboxylic acids is 1. The Hall–Kier alpha value is -1.13. The van der Waals surface area contributed by atoms with Gasteiger partial charge in [0.25, 0.3) is 0 Å². The van der Waals surface area contributed by atoms with E-state index in [0.29, 0.717) is 6.04 Å². The lowest BCUT2D eigenvalue weighted by Crippen LogP contribution is -2.32. The van der Waals surface area contributed by atoms with E-state index in [2.05, 4.69) is 18.7 Å². The lowest BCUT2D eigenvalue weighted by atomic mass is 10.2. The van der Waals surface area contributed by atoms with Gasteiger partial charge < -0.3 is 5.11 Å². The lowest BCUT2D eigenvalue weighted by Gasteiger charge is -2.26. The fourth-order valence-electron chi connectivity index (χ4n) is 2.06. The second-order valence-corrected chi connectivity index (χ2v) is 6.44. The molecule has 2 rings (SSSR count). The number of rotatable bonds is 7. The average molecular weight is 279 g/mol. The predicted molar refractivity (Wildman–Crippen MR) is 79.3 cm³/mol. The molecule has 104 valence electrons. The largest absolute Gasteiger partial charge is 0.478 e. The Labute approximate surface area is 118 Å². The van der Waals surface area contributed by atoms with Crippen molar-refractivity contribution >= 4 is 23.4 Å². The zero-order valence-electron chi connectivity index (χ0n) is 11.5. The van der Waals surface area contributed by atoms with Gasteiger partial charge in [0.2, 0.25) is 0 Å². The maximum atomic E-state index is 10.6. The first-order valence-electron chi connectivity index (χ1n) is 6.77. The second-order valence-electron chi connectivity index (χ2n) is 5.44. The summed E-state index contributed by atoms with van der Waals surface area (Å²) in [5.74, 6) is -0.0174. The third kappa shape index (κ3) is 4.48. The summed E-state index contributed by atoms with van der Waals surface area (Å²) in [6.07, 6.45) is 5.63. The summed E-state index contributed by atoms with van der Waals surface area (Å²) < 4.78 is 0. The van der Waals surface area contributed by atoms with Gasteiger partial charge in [0.05, 0.1) is 0 Å². The summed E-state index contributed by atoms with van der Waals surface area (Å²) in [6.45, 7) is 6.54. The molecule has 1 N–H and O–H groups in total. The Morgan fingerprint density at radius 3 is 2.89 bits per heavy atom. The number of thiophene rings is 1. The Bertz CT molecular complexity index is 460. The number of hydrogen-bond donors (Lipinski definition) is 1. The van der Waals surface area contributed by atoms with E-state index in [4.69, 9.17) is 5.11 Å². The van der Waals surface area contributed by atoms with Gasteiger partial charge in [-0.2, -0.15) is 0 Å². The molecule has 1 aromatic heterocycles. The van der Waals surface area contributed by atoms with Crippen LogP contribution in [0.4, 0.5) is 0 Å². The third-order valence-electron chi connectivity index (χ3n) is 3.45. The predicted octanol–water partition coefficient (Wildman–Crippen LogP) is 3.47. The Morgan fingerprint density at radius 1 is 1.58 bits per heavy atom. The first-order chi connectivity index (χ1) is 9.06. The molecular weight excluding hydrogens is 258 g/mol. The van der Waals surface area contributed by atoms with Crippen molar-refractivity contribution in [2.45, 2.75) is 39.3 Å². The topological polar surface area (TPSA) is 40.5 Å². The summed E-state index contributed by atoms with van der Waals surface area (Å²) in [5, 5.41) is 10.7. The molecule has 0 unspecified atom stereocenters. The molecule has 1 heterocycles. The first kappa shape index (κ1) is 14.3. The highest BCUT2D eigenvalue weighted by Crippen LogP contribution is 2.31. The smallest absolute Gasteiger partial charge is 0.328 e. The normalized spacial score (nSPS) is 15.8. The molecule has 0 aliphatic heterocycles. The highest BCUT2D eigenvalue weighted by molar-refractivity contribution is 7.10. The van der Waals surface area contributed by atoms with Gasteiger partial charge >= 0.3 is 5.97 Å². The molecule has 1 aliphatic rings. The average Bonchev–Trinajstić information content (AvgIpc) is 3.04. The minimum atomic E-state index is -0.893. The fourth-order valence-corrected chi connectivity index (χ4v) is 2.95. The van der Waals surface area contributed by atoms with Crippen LogP contribution in [0, 0.1) is 5.92 Å². The van der Waals surface area contributed by atoms with Crippen LogP contribution in [0.1, 0.15) is 37.1 Å². The van der Waals surface area contributed by atoms with Crippen LogP contribution in [0.15, 0.2) is 17.5 Å². The molecule has 3 nitrogen and oxygen atoms in total. The monoisotopic (exact) mass is 279 g/mol. The molecule has 1 saturated carbocycles. The van der Waals surface area contributed by atoms with Crippen molar-refractivity contribution in [1.29, 1.82) is 0 Å². The molecule has 1 aliphatic carbocycles. The highest BCUT2D eigenvalue weighted by Gasteiger charge is 2.25. The minimum absolute atomic E-state index is 0.527. The Kier molecular flexibility index (Phi) is 4.77. The van der Waals surface area contributed by atoms with Gasteiger partial charge in [0, 0.05) is 30.1 Å². The summed E-state index contributed by atoms with van der Waals surface area (Å²) in [7, 11) is 0. The Balaban J connectivity index is 2.03. The van der Waals surface area contributed by atoms with Crippen molar-refractivity contribution < 1.29 is 9.90 Å². The molecule has 1 aromatic rings. The molecule has 0 saturated heterocycles. The molecule has 0 bridgehead atoms. The summed E-state index contributed by atoms with van der Waals surface area (Å²) in [4.78, 5) is 14.3. The highest BCUT2D eigenvalue weighted by atomic mass is 32.1. The summed E-state index contributed by atoms with van der Waals surface area (Å²) in [6, 6.07) is 2.52. The minimum Gasteiger partial charge on any atom is -0.478 e. The van der Waals surface area contributed by atoms with Crippen LogP contribution in [0.3, 0.4) is 0 Å². The molecule has 0 spiro atoms. The zero-order chi connectivity index (χ0) is 13.8. The SMILES string of the molecule is CC(C)N(Cc1sccc1C=CC(=O)O)CC1CC1. The lowest BCUT2D eigenvalue weighted by molar-refractivity contribution is -0.131. The maximum absolute atomic E-state index is 10.6. The van der Waals surface area contributed by atoms with Crippen LogP contribution >= 0.6 is 11.3 Å². The molecule has 0 atom stereocenters. The molecular formula is C15H21NO2S. The van der Waals surface area contributed by atoms with E-state index in [1.54, 1.807) is 17.4 Å². The molecule has 1 fully saturated rings. The van der Waals surface area contributed by atoms with E-state index in [1.165, 1.54) is 23.8 Å². The van der Waals surface area contributed by atoms with E-state index in [0.717, 1.165) is 24.6 Å². The Morgan fingerprint density at radius 2 is 2.32 bits per heavy atom. The van der Waals surface area contributed by atoms with Crippen molar-refractivity contribution in [2.24, 2.45) is 5.92 Å². The number of carbonyl (C=O) groups is 1. The standard InChI is InChI=1S/C15H21NO2S/c1-11(2)16(9-12-3-4-12)10-14-13(7-8-19-14)5-6-15(17)18/h5-8,11-12H,3-4,9-10H2,1-2H3,(H,17,18). The third-order valence-corrected chi connectivity index (χ3v) is 4.37. The van der Waals surface area contributed by atoms with Gasteiger partial charge in [-0.15, -0.1) is 11.3 Å². The molecule has 19 heavy (non-hydrogen) atoms. The van der Waals surface area contributed by atoms with E-state index >= 15 is 0 Å². The molecule has 0 radical (unpaired) electrons. The number of hydrogen-bond acceptors (Lipinski definition) is 3. The van der Waals surface area contributed by atoms with Gasteiger partial charge in [-0.1, -0.05) is 0 Å². The van der Waals surface area contributed by atoms with E-state index < -0.39 is 5.97 Å². The fraction of sp³-hybridized carbons (Fsp3) is 0.533. The number of nitrogens with zero attached hydrogens (tertiary/aromatic N) is 1. The first-order valence-corrected chi connectivity index (χ1v) is 7.65.